The van der Waals surface area contributed by atoms with Gasteiger partial charge in [0.25, 0.3) is 0 Å². The molecular formula is C10H18O3. The van der Waals surface area contributed by atoms with Gasteiger partial charge in [0.15, 0.2) is 5.79 Å². The van der Waals surface area contributed by atoms with Crippen molar-refractivity contribution in [2.75, 3.05) is 13.7 Å². The van der Waals surface area contributed by atoms with E-state index in [1.165, 1.54) is 0 Å². The van der Waals surface area contributed by atoms with Crippen LogP contribution in [0.1, 0.15) is 38.5 Å². The minimum absolute atomic E-state index is 0.388. The molecule has 0 aromatic carbocycles. The molecule has 0 aromatic rings. The van der Waals surface area contributed by atoms with Crippen molar-refractivity contribution in [3.63, 3.8) is 0 Å². The van der Waals surface area contributed by atoms with E-state index < -0.39 is 0 Å². The molecule has 0 radical (unpaired) electrons. The van der Waals surface area contributed by atoms with Crippen LogP contribution in [-0.4, -0.2) is 25.8 Å². The highest BCUT2D eigenvalue weighted by Crippen LogP contribution is 2.30. The highest BCUT2D eigenvalue weighted by molar-refractivity contribution is 5.48. The van der Waals surface area contributed by atoms with Gasteiger partial charge in [-0.2, -0.15) is 0 Å². The van der Waals surface area contributed by atoms with Crippen molar-refractivity contribution in [1.82, 2.24) is 0 Å². The SMILES string of the molecule is COC1(CCCC=O)CCCCO1. The van der Waals surface area contributed by atoms with E-state index in [-0.39, 0.29) is 5.79 Å². The van der Waals surface area contributed by atoms with Crippen LogP contribution < -0.4 is 0 Å². The molecule has 1 heterocycles. The number of unbranched alkanes of at least 4 members (excludes halogenated alkanes) is 1. The van der Waals surface area contributed by atoms with E-state index in [4.69, 9.17) is 9.47 Å². The first kappa shape index (κ1) is 10.7. The smallest absolute Gasteiger partial charge is 0.167 e. The van der Waals surface area contributed by atoms with Gasteiger partial charge in [-0.25, -0.2) is 0 Å². The molecule has 13 heavy (non-hydrogen) atoms. The Balaban J connectivity index is 2.33. The quantitative estimate of drug-likeness (QED) is 0.486. The van der Waals surface area contributed by atoms with Gasteiger partial charge in [-0.05, 0) is 19.3 Å². The monoisotopic (exact) mass is 186 g/mol. The first-order valence-corrected chi connectivity index (χ1v) is 4.96. The summed E-state index contributed by atoms with van der Waals surface area (Å²) >= 11 is 0. The Morgan fingerprint density at radius 3 is 2.92 bits per heavy atom. The Labute approximate surface area is 79.4 Å². The van der Waals surface area contributed by atoms with Crippen LogP contribution in [0.2, 0.25) is 0 Å². The molecule has 1 saturated heterocycles. The largest absolute Gasteiger partial charge is 0.353 e. The van der Waals surface area contributed by atoms with Crippen LogP contribution in [0.5, 0.6) is 0 Å². The number of aldehydes is 1. The van der Waals surface area contributed by atoms with E-state index in [0.29, 0.717) is 6.42 Å². The molecule has 1 aliphatic rings. The fraction of sp³-hybridized carbons (Fsp3) is 0.900. The minimum Gasteiger partial charge on any atom is -0.353 e. The molecule has 3 heteroatoms. The fourth-order valence-corrected chi connectivity index (χ4v) is 1.74. The van der Waals surface area contributed by atoms with Crippen LogP contribution >= 0.6 is 0 Å². The number of carbonyl (C=O) groups is 1. The van der Waals surface area contributed by atoms with E-state index in [0.717, 1.165) is 45.0 Å². The molecule has 0 amide bonds. The van der Waals surface area contributed by atoms with Gasteiger partial charge in [-0.1, -0.05) is 0 Å². The number of methoxy groups -OCH3 is 1. The lowest BCUT2D eigenvalue weighted by Crippen LogP contribution is -2.38. The van der Waals surface area contributed by atoms with Crippen molar-refractivity contribution in [2.45, 2.75) is 44.3 Å². The molecule has 1 aliphatic heterocycles. The van der Waals surface area contributed by atoms with E-state index >= 15 is 0 Å². The maximum Gasteiger partial charge on any atom is 0.167 e. The Bertz CT molecular complexity index is 150. The van der Waals surface area contributed by atoms with Crippen LogP contribution in [0.4, 0.5) is 0 Å². The fourth-order valence-electron chi connectivity index (χ4n) is 1.74. The van der Waals surface area contributed by atoms with Crippen LogP contribution in [-0.2, 0) is 14.3 Å². The zero-order chi connectivity index (χ0) is 9.57. The molecule has 0 spiro atoms. The molecule has 0 saturated carbocycles. The molecule has 0 N–H and O–H groups in total. The lowest BCUT2D eigenvalue weighted by Gasteiger charge is -2.35. The minimum atomic E-state index is -0.388. The van der Waals surface area contributed by atoms with Crippen molar-refractivity contribution in [3.8, 4) is 0 Å². The summed E-state index contributed by atoms with van der Waals surface area (Å²) in [5, 5.41) is 0. The lowest BCUT2D eigenvalue weighted by atomic mass is 10.00. The van der Waals surface area contributed by atoms with Crippen molar-refractivity contribution in [1.29, 1.82) is 0 Å². The summed E-state index contributed by atoms with van der Waals surface area (Å²) in [6, 6.07) is 0. The zero-order valence-corrected chi connectivity index (χ0v) is 8.25. The van der Waals surface area contributed by atoms with Gasteiger partial charge in [0.2, 0.25) is 0 Å². The summed E-state index contributed by atoms with van der Waals surface area (Å²) < 4.78 is 11.0. The number of hydrogen-bond acceptors (Lipinski definition) is 3. The standard InChI is InChI=1S/C10H18O3/c1-12-10(6-2-4-8-11)7-3-5-9-13-10/h8H,2-7,9H2,1H3. The number of carbonyl (C=O) groups excluding carboxylic acids is 1. The summed E-state index contributed by atoms with van der Waals surface area (Å²) in [4.78, 5) is 10.2. The van der Waals surface area contributed by atoms with Gasteiger partial charge in [-0.15, -0.1) is 0 Å². The second kappa shape index (κ2) is 5.35. The lowest BCUT2D eigenvalue weighted by molar-refractivity contribution is -0.246. The van der Waals surface area contributed by atoms with E-state index in [2.05, 4.69) is 0 Å². The summed E-state index contributed by atoms with van der Waals surface area (Å²) in [6.07, 6.45) is 6.50. The normalized spacial score (nSPS) is 28.7. The predicted molar refractivity (Wildman–Crippen MR) is 49.5 cm³/mol. The Morgan fingerprint density at radius 1 is 1.54 bits per heavy atom. The van der Waals surface area contributed by atoms with Crippen molar-refractivity contribution in [3.05, 3.63) is 0 Å². The average Bonchev–Trinajstić information content (AvgIpc) is 2.20. The molecular weight excluding hydrogens is 168 g/mol. The van der Waals surface area contributed by atoms with Gasteiger partial charge in [0.05, 0.1) is 6.61 Å². The molecule has 1 atom stereocenters. The van der Waals surface area contributed by atoms with Gasteiger partial charge in [0.1, 0.15) is 6.29 Å². The number of hydrogen-bond donors (Lipinski definition) is 0. The average molecular weight is 186 g/mol. The Kier molecular flexibility index (Phi) is 4.39. The van der Waals surface area contributed by atoms with E-state index in [1.807, 2.05) is 0 Å². The number of rotatable bonds is 5. The van der Waals surface area contributed by atoms with Crippen LogP contribution in [0.15, 0.2) is 0 Å². The molecule has 0 aliphatic carbocycles. The van der Waals surface area contributed by atoms with Crippen LogP contribution in [0.25, 0.3) is 0 Å². The second-order valence-corrected chi connectivity index (χ2v) is 3.48. The van der Waals surface area contributed by atoms with Gasteiger partial charge >= 0.3 is 0 Å². The highest BCUT2D eigenvalue weighted by Gasteiger charge is 2.32. The van der Waals surface area contributed by atoms with Crippen molar-refractivity contribution >= 4 is 6.29 Å². The third kappa shape index (κ3) is 3.08. The van der Waals surface area contributed by atoms with E-state index in [9.17, 15) is 4.79 Å². The zero-order valence-electron chi connectivity index (χ0n) is 8.25. The first-order valence-electron chi connectivity index (χ1n) is 4.96. The Hall–Kier alpha value is -0.410. The molecule has 1 unspecified atom stereocenters. The molecule has 1 fully saturated rings. The maximum absolute atomic E-state index is 10.2. The van der Waals surface area contributed by atoms with Gasteiger partial charge in [0, 0.05) is 26.4 Å². The summed E-state index contributed by atoms with van der Waals surface area (Å²) in [6.45, 7) is 0.787. The van der Waals surface area contributed by atoms with Crippen molar-refractivity contribution in [2.24, 2.45) is 0 Å². The number of ether oxygens (including phenoxy) is 2. The Morgan fingerprint density at radius 2 is 2.38 bits per heavy atom. The van der Waals surface area contributed by atoms with Gasteiger partial charge in [-0.3, -0.25) is 0 Å². The molecule has 0 bridgehead atoms. The second-order valence-electron chi connectivity index (χ2n) is 3.48. The predicted octanol–water partition coefficient (Wildman–Crippen LogP) is 1.90. The maximum atomic E-state index is 10.2. The molecule has 3 nitrogen and oxygen atoms in total. The third-order valence-electron chi connectivity index (χ3n) is 2.57. The first-order chi connectivity index (χ1) is 6.33. The van der Waals surface area contributed by atoms with Crippen LogP contribution in [0.3, 0.4) is 0 Å². The highest BCUT2D eigenvalue weighted by atomic mass is 16.7. The molecule has 1 rings (SSSR count). The summed E-state index contributed by atoms with van der Waals surface area (Å²) in [5.41, 5.74) is 0. The summed E-state index contributed by atoms with van der Waals surface area (Å²) in [5.74, 6) is -0.388. The molecule has 76 valence electrons. The molecule has 0 aromatic heterocycles. The van der Waals surface area contributed by atoms with Crippen molar-refractivity contribution < 1.29 is 14.3 Å². The van der Waals surface area contributed by atoms with Crippen LogP contribution in [0, 0.1) is 0 Å². The third-order valence-corrected chi connectivity index (χ3v) is 2.57. The summed E-state index contributed by atoms with van der Waals surface area (Å²) in [7, 11) is 1.69. The van der Waals surface area contributed by atoms with E-state index in [1.54, 1.807) is 7.11 Å². The van der Waals surface area contributed by atoms with Gasteiger partial charge < -0.3 is 14.3 Å². The topological polar surface area (TPSA) is 35.5 Å².